The van der Waals surface area contributed by atoms with Crippen LogP contribution in [0.1, 0.15) is 17.3 Å². The minimum absolute atomic E-state index is 0. The second-order valence-electron chi connectivity index (χ2n) is 4.41. The van der Waals surface area contributed by atoms with Crippen molar-refractivity contribution in [1.29, 1.82) is 0 Å². The minimum Gasteiger partial charge on any atom is -0.486 e. The summed E-state index contributed by atoms with van der Waals surface area (Å²) in [5.74, 6) is 1.47. The van der Waals surface area contributed by atoms with Gasteiger partial charge in [0.1, 0.15) is 13.2 Å². The first-order valence-corrected chi connectivity index (χ1v) is 6.08. The molecule has 0 saturated carbocycles. The van der Waals surface area contributed by atoms with Crippen molar-refractivity contribution in [3.05, 3.63) is 23.8 Å². The summed E-state index contributed by atoms with van der Waals surface area (Å²) in [7, 11) is 0. The number of fused-ring (bicyclic) bond motifs is 1. The van der Waals surface area contributed by atoms with E-state index in [1.165, 1.54) is 0 Å². The first-order valence-electron chi connectivity index (χ1n) is 6.08. The van der Waals surface area contributed by atoms with E-state index in [1.54, 1.807) is 18.2 Å². The third kappa shape index (κ3) is 4.01. The summed E-state index contributed by atoms with van der Waals surface area (Å²) in [6.45, 7) is 4.18. The number of nitrogens with one attached hydrogen (secondary N) is 1. The van der Waals surface area contributed by atoms with Crippen molar-refractivity contribution in [3.63, 3.8) is 0 Å². The summed E-state index contributed by atoms with van der Waals surface area (Å²) in [6.07, 6.45) is 0. The number of rotatable bonds is 4. The van der Waals surface area contributed by atoms with Crippen LogP contribution in [0.5, 0.6) is 11.5 Å². The molecule has 0 aromatic heterocycles. The number of ether oxygens (including phenoxy) is 2. The van der Waals surface area contributed by atoms with Gasteiger partial charge in [-0.3, -0.25) is 4.79 Å². The number of benzene rings is 1. The van der Waals surface area contributed by atoms with Gasteiger partial charge < -0.3 is 20.5 Å². The summed E-state index contributed by atoms with van der Waals surface area (Å²) in [6, 6.07) is 5.20. The quantitative estimate of drug-likeness (QED) is 0.872. The second kappa shape index (κ2) is 7.21. The monoisotopic (exact) mass is 286 g/mol. The topological polar surface area (TPSA) is 73.6 Å². The largest absolute Gasteiger partial charge is 0.486 e. The predicted molar refractivity (Wildman–Crippen MR) is 75.2 cm³/mol. The molecule has 19 heavy (non-hydrogen) atoms. The third-order valence-corrected chi connectivity index (χ3v) is 2.82. The Balaban J connectivity index is 0.00000180. The molecule has 1 unspecified atom stereocenters. The summed E-state index contributed by atoms with van der Waals surface area (Å²) in [5.41, 5.74) is 6.07. The molecule has 0 spiro atoms. The maximum absolute atomic E-state index is 11.9. The lowest BCUT2D eigenvalue weighted by atomic mass is 10.1. The Kier molecular flexibility index (Phi) is 5.92. The van der Waals surface area contributed by atoms with Crippen LogP contribution in [0.15, 0.2) is 18.2 Å². The number of amides is 1. The van der Waals surface area contributed by atoms with Crippen molar-refractivity contribution < 1.29 is 14.3 Å². The summed E-state index contributed by atoms with van der Waals surface area (Å²) in [4.78, 5) is 11.9. The molecule has 1 heterocycles. The van der Waals surface area contributed by atoms with Crippen LogP contribution in [0.4, 0.5) is 0 Å². The lowest BCUT2D eigenvalue weighted by molar-refractivity contribution is 0.0947. The normalized spacial score (nSPS) is 14.2. The molecule has 1 aliphatic heterocycles. The van der Waals surface area contributed by atoms with Crippen molar-refractivity contribution in [3.8, 4) is 11.5 Å². The van der Waals surface area contributed by atoms with Crippen molar-refractivity contribution in [2.75, 3.05) is 26.3 Å². The van der Waals surface area contributed by atoms with Gasteiger partial charge in [-0.05, 0) is 30.7 Å². The van der Waals surface area contributed by atoms with Crippen molar-refractivity contribution in [2.24, 2.45) is 11.7 Å². The maximum atomic E-state index is 11.9. The van der Waals surface area contributed by atoms with E-state index in [0.29, 0.717) is 43.4 Å². The van der Waals surface area contributed by atoms with E-state index < -0.39 is 0 Å². The maximum Gasteiger partial charge on any atom is 0.251 e. The zero-order valence-electron chi connectivity index (χ0n) is 10.8. The van der Waals surface area contributed by atoms with E-state index in [0.717, 1.165) is 0 Å². The molecule has 1 aromatic carbocycles. The van der Waals surface area contributed by atoms with Gasteiger partial charge in [-0.2, -0.15) is 0 Å². The molecule has 2 rings (SSSR count). The fraction of sp³-hybridized carbons (Fsp3) is 0.462. The average Bonchev–Trinajstić information content (AvgIpc) is 2.43. The van der Waals surface area contributed by atoms with Crippen LogP contribution in [0, 0.1) is 5.92 Å². The van der Waals surface area contributed by atoms with Gasteiger partial charge in [0.25, 0.3) is 5.91 Å². The smallest absolute Gasteiger partial charge is 0.251 e. The first kappa shape index (κ1) is 15.6. The highest BCUT2D eigenvalue weighted by atomic mass is 35.5. The molecule has 6 heteroatoms. The third-order valence-electron chi connectivity index (χ3n) is 2.82. The molecule has 0 saturated heterocycles. The molecule has 1 amide bonds. The lowest BCUT2D eigenvalue weighted by Gasteiger charge is -2.18. The fourth-order valence-corrected chi connectivity index (χ4v) is 1.64. The van der Waals surface area contributed by atoms with Crippen LogP contribution in [-0.4, -0.2) is 32.2 Å². The van der Waals surface area contributed by atoms with Gasteiger partial charge in [-0.25, -0.2) is 0 Å². The van der Waals surface area contributed by atoms with Gasteiger partial charge in [0.2, 0.25) is 0 Å². The van der Waals surface area contributed by atoms with Gasteiger partial charge in [0.15, 0.2) is 11.5 Å². The van der Waals surface area contributed by atoms with Gasteiger partial charge in [-0.1, -0.05) is 6.92 Å². The number of nitrogens with two attached hydrogens (primary N) is 1. The van der Waals surface area contributed by atoms with Crippen LogP contribution in [0.2, 0.25) is 0 Å². The fourth-order valence-electron chi connectivity index (χ4n) is 1.64. The average molecular weight is 287 g/mol. The molecule has 1 atom stereocenters. The molecular formula is C13H19ClN2O3. The van der Waals surface area contributed by atoms with E-state index in [1.807, 2.05) is 6.92 Å². The van der Waals surface area contributed by atoms with E-state index in [2.05, 4.69) is 5.32 Å². The Labute approximate surface area is 118 Å². The Morgan fingerprint density at radius 2 is 2.05 bits per heavy atom. The molecule has 5 nitrogen and oxygen atoms in total. The van der Waals surface area contributed by atoms with Gasteiger partial charge in [0, 0.05) is 12.1 Å². The molecule has 1 aromatic rings. The van der Waals surface area contributed by atoms with E-state index in [4.69, 9.17) is 15.2 Å². The van der Waals surface area contributed by atoms with Crippen LogP contribution >= 0.6 is 12.4 Å². The predicted octanol–water partition coefficient (Wildman–Crippen LogP) is 1.20. The first-order chi connectivity index (χ1) is 8.70. The van der Waals surface area contributed by atoms with E-state index >= 15 is 0 Å². The summed E-state index contributed by atoms with van der Waals surface area (Å²) >= 11 is 0. The van der Waals surface area contributed by atoms with Crippen molar-refractivity contribution in [1.82, 2.24) is 5.32 Å². The molecule has 1 aliphatic rings. The lowest BCUT2D eigenvalue weighted by Crippen LogP contribution is -2.31. The zero-order valence-corrected chi connectivity index (χ0v) is 11.7. The second-order valence-corrected chi connectivity index (χ2v) is 4.41. The molecule has 3 N–H and O–H groups in total. The standard InChI is InChI=1S/C13H18N2O3.ClH/c1-9(7-14)8-15-13(16)10-2-3-11-12(6-10)18-5-4-17-11;/h2-3,6,9H,4-5,7-8,14H2,1H3,(H,15,16);1H. The Bertz CT molecular complexity index is 440. The number of halogens is 1. The summed E-state index contributed by atoms with van der Waals surface area (Å²) < 4.78 is 10.8. The number of carbonyl (C=O) groups excluding carboxylic acids is 1. The Morgan fingerprint density at radius 1 is 1.37 bits per heavy atom. The van der Waals surface area contributed by atoms with Gasteiger partial charge >= 0.3 is 0 Å². The highest BCUT2D eigenvalue weighted by Gasteiger charge is 2.15. The van der Waals surface area contributed by atoms with Crippen LogP contribution < -0.4 is 20.5 Å². The minimum atomic E-state index is -0.118. The number of hydrogen-bond donors (Lipinski definition) is 2. The molecule has 0 fully saturated rings. The van der Waals surface area contributed by atoms with E-state index in [-0.39, 0.29) is 24.2 Å². The Morgan fingerprint density at radius 3 is 2.74 bits per heavy atom. The summed E-state index contributed by atoms with van der Waals surface area (Å²) in [5, 5.41) is 2.84. The molecule has 106 valence electrons. The molecule has 0 bridgehead atoms. The van der Waals surface area contributed by atoms with Crippen molar-refractivity contribution in [2.45, 2.75) is 6.92 Å². The highest BCUT2D eigenvalue weighted by molar-refractivity contribution is 5.94. The molecule has 0 aliphatic carbocycles. The van der Waals surface area contributed by atoms with Gasteiger partial charge in [0.05, 0.1) is 0 Å². The molecular weight excluding hydrogens is 268 g/mol. The van der Waals surface area contributed by atoms with E-state index in [9.17, 15) is 4.79 Å². The van der Waals surface area contributed by atoms with Crippen LogP contribution in [0.25, 0.3) is 0 Å². The highest BCUT2D eigenvalue weighted by Crippen LogP contribution is 2.30. The zero-order chi connectivity index (χ0) is 13.0. The number of hydrogen-bond acceptors (Lipinski definition) is 4. The van der Waals surface area contributed by atoms with Crippen LogP contribution in [0.3, 0.4) is 0 Å². The number of carbonyl (C=O) groups is 1. The van der Waals surface area contributed by atoms with Crippen molar-refractivity contribution >= 4 is 18.3 Å². The molecule has 0 radical (unpaired) electrons. The SMILES string of the molecule is CC(CN)CNC(=O)c1ccc2c(c1)OCCO2.Cl. The van der Waals surface area contributed by atoms with Crippen LogP contribution in [-0.2, 0) is 0 Å². The van der Waals surface area contributed by atoms with Gasteiger partial charge in [-0.15, -0.1) is 12.4 Å². The Hall–Kier alpha value is -1.46.